The van der Waals surface area contributed by atoms with Crippen LogP contribution >= 0.6 is 0 Å². The Labute approximate surface area is 157 Å². The average molecular weight is 361 g/mol. The number of likely N-dealkylation sites (tertiary alicyclic amines) is 1. The van der Waals surface area contributed by atoms with E-state index in [1.165, 1.54) is 0 Å². The van der Waals surface area contributed by atoms with Crippen LogP contribution in [0.5, 0.6) is 0 Å². The fraction of sp³-hybridized carbons (Fsp3) is 0.600. The van der Waals surface area contributed by atoms with Crippen LogP contribution < -0.4 is 10.2 Å². The smallest absolute Gasteiger partial charge is 0.229 e. The van der Waals surface area contributed by atoms with Crippen LogP contribution in [0.1, 0.15) is 25.8 Å². The Morgan fingerprint density at radius 1 is 1.27 bits per heavy atom. The number of rotatable bonds is 8. The molecule has 1 aromatic rings. The maximum absolute atomic E-state index is 12.6. The zero-order valence-electron chi connectivity index (χ0n) is 16.7. The number of hydrogen-bond acceptors (Lipinski definition) is 4. The van der Waals surface area contributed by atoms with Gasteiger partial charge in [-0.05, 0) is 58.6 Å². The quantitative estimate of drug-likeness (QED) is 0.772. The van der Waals surface area contributed by atoms with Crippen molar-refractivity contribution >= 4 is 23.2 Å². The first-order valence-electron chi connectivity index (χ1n) is 9.44. The van der Waals surface area contributed by atoms with Gasteiger partial charge in [0.15, 0.2) is 0 Å². The number of carbonyl (C=O) groups excluding carboxylic acids is 2. The fourth-order valence-electron chi connectivity index (χ4n) is 3.29. The molecule has 2 amide bonds. The highest BCUT2D eigenvalue weighted by molar-refractivity contribution is 5.97. The predicted molar refractivity (Wildman–Crippen MR) is 107 cm³/mol. The summed E-state index contributed by atoms with van der Waals surface area (Å²) in [4.78, 5) is 30.9. The van der Waals surface area contributed by atoms with Crippen molar-refractivity contribution in [1.29, 1.82) is 0 Å². The number of nitrogens with one attached hydrogen (secondary N) is 1. The first-order valence-corrected chi connectivity index (χ1v) is 9.44. The number of hydrogen-bond donors (Lipinski definition) is 1. The normalized spacial score (nSPS) is 17.1. The van der Waals surface area contributed by atoms with E-state index in [4.69, 9.17) is 0 Å². The van der Waals surface area contributed by atoms with Gasteiger partial charge in [0.05, 0.1) is 5.92 Å². The minimum atomic E-state index is -0.272. The SMILES string of the molecule is CCN(CC)c1ccc(NC(=O)C2CC(=O)N(CCN(C)C)C2)c(C)c1. The van der Waals surface area contributed by atoms with E-state index in [-0.39, 0.29) is 17.7 Å². The lowest BCUT2D eigenvalue weighted by atomic mass is 10.1. The highest BCUT2D eigenvalue weighted by atomic mass is 16.2. The highest BCUT2D eigenvalue weighted by Gasteiger charge is 2.34. The van der Waals surface area contributed by atoms with Crippen LogP contribution in [0.25, 0.3) is 0 Å². The molecule has 2 rings (SSSR count). The van der Waals surface area contributed by atoms with Crippen LogP contribution in [-0.4, -0.2) is 68.4 Å². The molecule has 1 aliphatic heterocycles. The molecule has 1 N–H and O–H groups in total. The number of amides is 2. The molecule has 144 valence electrons. The summed E-state index contributed by atoms with van der Waals surface area (Å²) in [5, 5.41) is 3.01. The second-order valence-electron chi connectivity index (χ2n) is 7.20. The summed E-state index contributed by atoms with van der Waals surface area (Å²) in [6.45, 7) is 10.2. The third kappa shape index (κ3) is 4.97. The molecule has 6 heteroatoms. The van der Waals surface area contributed by atoms with E-state index in [0.717, 1.165) is 36.6 Å². The molecular weight excluding hydrogens is 328 g/mol. The molecule has 0 aliphatic carbocycles. The Morgan fingerprint density at radius 2 is 1.96 bits per heavy atom. The minimum absolute atomic E-state index is 0.0654. The van der Waals surface area contributed by atoms with Crippen LogP contribution in [0.4, 0.5) is 11.4 Å². The zero-order chi connectivity index (χ0) is 19.3. The maximum atomic E-state index is 12.6. The summed E-state index contributed by atoms with van der Waals surface area (Å²) >= 11 is 0. The number of carbonyl (C=O) groups is 2. The number of nitrogens with zero attached hydrogens (tertiary/aromatic N) is 3. The third-order valence-electron chi connectivity index (χ3n) is 5.00. The van der Waals surface area contributed by atoms with E-state index in [9.17, 15) is 9.59 Å². The van der Waals surface area contributed by atoms with Crippen molar-refractivity contribution in [2.45, 2.75) is 27.2 Å². The molecule has 0 saturated carbocycles. The summed E-state index contributed by atoms with van der Waals surface area (Å²) in [6, 6.07) is 6.10. The zero-order valence-corrected chi connectivity index (χ0v) is 16.7. The van der Waals surface area contributed by atoms with Crippen molar-refractivity contribution in [3.8, 4) is 0 Å². The van der Waals surface area contributed by atoms with Crippen LogP contribution in [0.15, 0.2) is 18.2 Å². The second kappa shape index (κ2) is 9.03. The van der Waals surface area contributed by atoms with Gasteiger partial charge in [-0.1, -0.05) is 0 Å². The lowest BCUT2D eigenvalue weighted by Gasteiger charge is -2.22. The Morgan fingerprint density at radius 3 is 2.54 bits per heavy atom. The van der Waals surface area contributed by atoms with Gasteiger partial charge in [-0.3, -0.25) is 9.59 Å². The number of benzene rings is 1. The third-order valence-corrected chi connectivity index (χ3v) is 5.00. The number of likely N-dealkylation sites (N-methyl/N-ethyl adjacent to an activating group) is 1. The van der Waals surface area contributed by atoms with Gasteiger partial charge in [0, 0.05) is 50.5 Å². The topological polar surface area (TPSA) is 55.9 Å². The Hall–Kier alpha value is -2.08. The molecule has 1 saturated heterocycles. The van der Waals surface area contributed by atoms with Gasteiger partial charge in [0.2, 0.25) is 11.8 Å². The largest absolute Gasteiger partial charge is 0.372 e. The maximum Gasteiger partial charge on any atom is 0.229 e. The summed E-state index contributed by atoms with van der Waals surface area (Å²) in [6.07, 6.45) is 0.301. The first kappa shape index (κ1) is 20.2. The Bertz CT molecular complexity index is 641. The molecule has 1 atom stereocenters. The van der Waals surface area contributed by atoms with E-state index in [1.54, 1.807) is 4.90 Å². The van der Waals surface area contributed by atoms with Crippen LogP contribution in [0, 0.1) is 12.8 Å². The highest BCUT2D eigenvalue weighted by Crippen LogP contribution is 2.25. The van der Waals surface area contributed by atoms with Crippen molar-refractivity contribution in [1.82, 2.24) is 9.80 Å². The standard InChI is InChI=1S/C20H32N4O2/c1-6-23(7-2)17-8-9-18(15(3)12-17)21-20(26)16-13-19(25)24(14-16)11-10-22(4)5/h8-9,12,16H,6-7,10-11,13-14H2,1-5H3,(H,21,26). The van der Waals surface area contributed by atoms with Crippen molar-refractivity contribution in [3.63, 3.8) is 0 Å². The van der Waals surface area contributed by atoms with Gasteiger partial charge < -0.3 is 20.0 Å². The van der Waals surface area contributed by atoms with Crippen molar-refractivity contribution in [3.05, 3.63) is 23.8 Å². The molecule has 1 heterocycles. The van der Waals surface area contributed by atoms with E-state index >= 15 is 0 Å². The molecule has 1 fully saturated rings. The van der Waals surface area contributed by atoms with Crippen molar-refractivity contribution in [2.75, 3.05) is 57.0 Å². The monoisotopic (exact) mass is 360 g/mol. The second-order valence-corrected chi connectivity index (χ2v) is 7.20. The summed E-state index contributed by atoms with van der Waals surface area (Å²) in [5.74, 6) is -0.267. The molecule has 0 bridgehead atoms. The molecule has 0 aromatic heterocycles. The van der Waals surface area contributed by atoms with Gasteiger partial charge in [-0.25, -0.2) is 0 Å². The fourth-order valence-corrected chi connectivity index (χ4v) is 3.29. The van der Waals surface area contributed by atoms with Crippen LogP contribution in [-0.2, 0) is 9.59 Å². The summed E-state index contributed by atoms with van der Waals surface area (Å²) in [7, 11) is 3.96. The van der Waals surface area contributed by atoms with Gasteiger partial charge >= 0.3 is 0 Å². The van der Waals surface area contributed by atoms with Crippen LogP contribution in [0.3, 0.4) is 0 Å². The van der Waals surface area contributed by atoms with Gasteiger partial charge in [-0.15, -0.1) is 0 Å². The molecule has 0 radical (unpaired) electrons. The molecular formula is C20H32N4O2. The molecule has 6 nitrogen and oxygen atoms in total. The lowest BCUT2D eigenvalue weighted by molar-refractivity contribution is -0.128. The Kier molecular flexibility index (Phi) is 7.03. The molecule has 1 unspecified atom stereocenters. The molecule has 0 spiro atoms. The van der Waals surface area contributed by atoms with Crippen LogP contribution in [0.2, 0.25) is 0 Å². The van der Waals surface area contributed by atoms with Crippen molar-refractivity contribution < 1.29 is 9.59 Å². The summed E-state index contributed by atoms with van der Waals surface area (Å²) < 4.78 is 0. The van der Waals surface area contributed by atoms with Gasteiger partial charge in [0.1, 0.15) is 0 Å². The molecule has 1 aliphatic rings. The Balaban J connectivity index is 1.98. The van der Waals surface area contributed by atoms with E-state index in [1.807, 2.05) is 38.1 Å². The first-order chi connectivity index (χ1) is 12.3. The van der Waals surface area contributed by atoms with E-state index in [2.05, 4.69) is 30.1 Å². The molecule has 1 aromatic carbocycles. The average Bonchev–Trinajstić information content (AvgIpc) is 2.97. The predicted octanol–water partition coefficient (Wildman–Crippen LogP) is 2.19. The lowest BCUT2D eigenvalue weighted by Crippen LogP contribution is -2.34. The van der Waals surface area contributed by atoms with Gasteiger partial charge in [0.25, 0.3) is 0 Å². The van der Waals surface area contributed by atoms with E-state index < -0.39 is 0 Å². The minimum Gasteiger partial charge on any atom is -0.372 e. The summed E-state index contributed by atoms with van der Waals surface area (Å²) in [5.41, 5.74) is 3.03. The van der Waals surface area contributed by atoms with E-state index in [0.29, 0.717) is 19.5 Å². The number of aryl methyl sites for hydroxylation is 1. The number of anilines is 2. The van der Waals surface area contributed by atoms with Crippen molar-refractivity contribution in [2.24, 2.45) is 5.92 Å². The molecule has 26 heavy (non-hydrogen) atoms. The van der Waals surface area contributed by atoms with Gasteiger partial charge in [-0.2, -0.15) is 0 Å².